The third-order valence-electron chi connectivity index (χ3n) is 4.61. The van der Waals surface area contributed by atoms with Gasteiger partial charge >= 0.3 is 5.97 Å². The van der Waals surface area contributed by atoms with Crippen LogP contribution in [0.15, 0.2) is 40.9 Å². The maximum absolute atomic E-state index is 13.9. The molecule has 0 aliphatic carbocycles. The number of fused-ring (bicyclic) bond motifs is 5. The van der Waals surface area contributed by atoms with Crippen LogP contribution in [0.2, 0.25) is 0 Å². The zero-order valence-corrected chi connectivity index (χ0v) is 14.5. The van der Waals surface area contributed by atoms with Crippen LogP contribution in [0.3, 0.4) is 0 Å². The van der Waals surface area contributed by atoms with Crippen molar-refractivity contribution in [3.8, 4) is 11.5 Å². The summed E-state index contributed by atoms with van der Waals surface area (Å²) in [7, 11) is 0. The second kappa shape index (κ2) is 5.84. The number of rotatable bonds is 1. The minimum absolute atomic E-state index is 0.110. The van der Waals surface area contributed by atoms with E-state index in [4.69, 9.17) is 4.74 Å². The minimum atomic E-state index is -0.973. The van der Waals surface area contributed by atoms with Gasteiger partial charge in [-0.25, -0.2) is 4.39 Å². The number of halogens is 2. The molecule has 5 nitrogen and oxygen atoms in total. The summed E-state index contributed by atoms with van der Waals surface area (Å²) >= 11 is 3.30. The van der Waals surface area contributed by atoms with Crippen LogP contribution in [-0.2, 0) is 9.59 Å². The van der Waals surface area contributed by atoms with Crippen molar-refractivity contribution in [1.82, 2.24) is 0 Å². The van der Waals surface area contributed by atoms with E-state index >= 15 is 0 Å². The second-order valence-corrected chi connectivity index (χ2v) is 6.92. The normalized spacial score (nSPS) is 21.5. The maximum atomic E-state index is 13.9. The van der Waals surface area contributed by atoms with Gasteiger partial charge in [0.25, 0.3) is 0 Å². The van der Waals surface area contributed by atoms with Gasteiger partial charge in [0.15, 0.2) is 5.75 Å². The molecule has 0 saturated carbocycles. The Labute approximate surface area is 151 Å². The largest absolute Gasteiger partial charge is 0.481 e. The lowest BCUT2D eigenvalue weighted by molar-refractivity contribution is -0.144. The van der Waals surface area contributed by atoms with Crippen molar-refractivity contribution in [2.45, 2.75) is 18.9 Å². The number of hydrogen-bond donors (Lipinski definition) is 1. The van der Waals surface area contributed by atoms with Gasteiger partial charge in [-0.2, -0.15) is 0 Å². The zero-order valence-electron chi connectivity index (χ0n) is 12.9. The molecule has 0 radical (unpaired) electrons. The Morgan fingerprint density at radius 3 is 2.80 bits per heavy atom. The van der Waals surface area contributed by atoms with Crippen molar-refractivity contribution in [2.24, 2.45) is 5.92 Å². The van der Waals surface area contributed by atoms with Gasteiger partial charge in [-0.15, -0.1) is 0 Å². The lowest BCUT2D eigenvalue weighted by Crippen LogP contribution is -2.45. The highest BCUT2D eigenvalue weighted by atomic mass is 79.9. The molecule has 2 aliphatic heterocycles. The highest BCUT2D eigenvalue weighted by molar-refractivity contribution is 9.10. The van der Waals surface area contributed by atoms with Crippen LogP contribution in [0.4, 0.5) is 10.1 Å². The third kappa shape index (κ3) is 2.50. The maximum Gasteiger partial charge on any atom is 0.308 e. The predicted molar refractivity (Wildman–Crippen MR) is 91.2 cm³/mol. The fourth-order valence-corrected chi connectivity index (χ4v) is 4.17. The molecule has 7 heteroatoms. The number of aliphatic carboxylic acids is 1. The molecule has 0 spiro atoms. The number of benzene rings is 2. The Bertz CT molecular complexity index is 901. The topological polar surface area (TPSA) is 66.8 Å². The number of hydrogen-bond acceptors (Lipinski definition) is 3. The number of carboxylic acid groups (broad SMARTS) is 1. The van der Waals surface area contributed by atoms with E-state index in [1.165, 1.54) is 17.0 Å². The summed E-state index contributed by atoms with van der Waals surface area (Å²) in [6.45, 7) is 0. The highest BCUT2D eigenvalue weighted by Gasteiger charge is 2.45. The smallest absolute Gasteiger partial charge is 0.308 e. The second-order valence-electron chi connectivity index (χ2n) is 6.07. The van der Waals surface area contributed by atoms with E-state index in [9.17, 15) is 19.1 Å². The Balaban J connectivity index is 2.03. The molecule has 2 heterocycles. The lowest BCUT2D eigenvalue weighted by Gasteiger charge is -2.39. The van der Waals surface area contributed by atoms with Gasteiger partial charge in [0.1, 0.15) is 17.3 Å². The molecule has 2 aromatic rings. The molecule has 128 valence electrons. The van der Waals surface area contributed by atoms with Gasteiger partial charge in [-0.1, -0.05) is 18.2 Å². The number of carbonyl (C=O) groups excluding carboxylic acids is 1. The molecule has 25 heavy (non-hydrogen) atoms. The molecule has 1 saturated heterocycles. The van der Waals surface area contributed by atoms with Crippen molar-refractivity contribution in [3.63, 3.8) is 0 Å². The van der Waals surface area contributed by atoms with Crippen LogP contribution in [0, 0.1) is 11.7 Å². The van der Waals surface area contributed by atoms with Crippen LogP contribution < -0.4 is 9.64 Å². The van der Waals surface area contributed by atoms with E-state index in [0.29, 0.717) is 21.5 Å². The van der Waals surface area contributed by atoms with E-state index in [2.05, 4.69) is 15.9 Å². The fourth-order valence-electron chi connectivity index (χ4n) is 3.56. The molecule has 2 atom stereocenters. The summed E-state index contributed by atoms with van der Waals surface area (Å²) < 4.78 is 20.1. The van der Waals surface area contributed by atoms with Gasteiger partial charge < -0.3 is 9.84 Å². The van der Waals surface area contributed by atoms with Crippen molar-refractivity contribution in [2.75, 3.05) is 4.90 Å². The van der Waals surface area contributed by atoms with Gasteiger partial charge in [0.05, 0.1) is 12.0 Å². The Morgan fingerprint density at radius 1 is 1.28 bits per heavy atom. The highest BCUT2D eigenvalue weighted by Crippen LogP contribution is 2.52. The quantitative estimate of drug-likeness (QED) is 0.769. The van der Waals surface area contributed by atoms with E-state index in [-0.39, 0.29) is 24.5 Å². The van der Waals surface area contributed by atoms with Crippen molar-refractivity contribution < 1.29 is 23.8 Å². The van der Waals surface area contributed by atoms with Crippen LogP contribution in [0.1, 0.15) is 24.4 Å². The van der Waals surface area contributed by atoms with Crippen molar-refractivity contribution in [1.29, 1.82) is 0 Å². The molecule has 4 rings (SSSR count). The average Bonchev–Trinajstić information content (AvgIpc) is 2.70. The van der Waals surface area contributed by atoms with E-state index in [0.717, 1.165) is 0 Å². The standard InChI is InChI=1S/C18H13BrFNO4/c19-12-7-9(20)8-14-17(12)21-15(22)6-5-11(18(23)24)16(21)10-3-1-2-4-13(10)25-14/h1-4,7-8,11,16H,5-6H2,(H,23,24). The van der Waals surface area contributed by atoms with Crippen molar-refractivity contribution in [3.05, 3.63) is 52.3 Å². The van der Waals surface area contributed by atoms with Crippen molar-refractivity contribution >= 4 is 33.5 Å². The summed E-state index contributed by atoms with van der Waals surface area (Å²) in [5.74, 6) is -1.86. The van der Waals surface area contributed by atoms with Crippen LogP contribution in [0.5, 0.6) is 11.5 Å². The number of amides is 1. The van der Waals surface area contributed by atoms with Gasteiger partial charge in [0, 0.05) is 22.5 Å². The molecule has 1 N–H and O–H groups in total. The molecule has 1 fully saturated rings. The molecular weight excluding hydrogens is 393 g/mol. The first-order chi connectivity index (χ1) is 12.0. The SMILES string of the molecule is O=C(O)C1CCC(=O)N2c3c(Br)cc(F)cc3Oc3ccccc3C12. The minimum Gasteiger partial charge on any atom is -0.481 e. The summed E-state index contributed by atoms with van der Waals surface area (Å²) in [6, 6.07) is 8.70. The molecule has 1 amide bonds. The third-order valence-corrected chi connectivity index (χ3v) is 5.21. The lowest BCUT2D eigenvalue weighted by atomic mass is 9.83. The predicted octanol–water partition coefficient (Wildman–Crippen LogP) is 4.26. The summed E-state index contributed by atoms with van der Waals surface area (Å²) in [6.07, 6.45) is 0.358. The van der Waals surface area contributed by atoms with Gasteiger partial charge in [-0.3, -0.25) is 14.5 Å². The summed E-state index contributed by atoms with van der Waals surface area (Å²) in [4.78, 5) is 26.0. The number of ether oxygens (including phenoxy) is 1. The van der Waals surface area contributed by atoms with Gasteiger partial charge in [0.2, 0.25) is 5.91 Å². The summed E-state index contributed by atoms with van der Waals surface area (Å²) in [5, 5.41) is 9.69. The van der Waals surface area contributed by atoms with E-state index < -0.39 is 23.7 Å². The molecule has 0 bridgehead atoms. The molecule has 2 unspecified atom stereocenters. The number of nitrogens with zero attached hydrogens (tertiary/aromatic N) is 1. The fraction of sp³-hybridized carbons (Fsp3) is 0.222. The van der Waals surface area contributed by atoms with Crippen LogP contribution in [-0.4, -0.2) is 17.0 Å². The van der Waals surface area contributed by atoms with E-state index in [1.807, 2.05) is 0 Å². The number of anilines is 1. The number of carboxylic acids is 1. The zero-order chi connectivity index (χ0) is 17.7. The molecule has 2 aliphatic rings. The number of piperidine rings is 1. The molecule has 0 aromatic heterocycles. The first-order valence-electron chi connectivity index (χ1n) is 7.78. The number of carbonyl (C=O) groups is 2. The first kappa shape index (κ1) is 16.1. The summed E-state index contributed by atoms with van der Waals surface area (Å²) in [5.41, 5.74) is 0.963. The molecular formula is C18H13BrFNO4. The Hall–Kier alpha value is -2.41. The average molecular weight is 406 g/mol. The Morgan fingerprint density at radius 2 is 2.04 bits per heavy atom. The van der Waals surface area contributed by atoms with Crippen LogP contribution >= 0.6 is 15.9 Å². The number of para-hydroxylation sites is 1. The Kier molecular flexibility index (Phi) is 3.76. The van der Waals surface area contributed by atoms with E-state index in [1.54, 1.807) is 24.3 Å². The molecule has 2 aromatic carbocycles. The van der Waals surface area contributed by atoms with Crippen LogP contribution in [0.25, 0.3) is 0 Å². The van der Waals surface area contributed by atoms with Gasteiger partial charge in [-0.05, 0) is 34.5 Å². The first-order valence-corrected chi connectivity index (χ1v) is 8.57. The monoisotopic (exact) mass is 405 g/mol.